The molecule has 0 aliphatic heterocycles. The summed E-state index contributed by atoms with van der Waals surface area (Å²) < 4.78 is 1.39. The Morgan fingerprint density at radius 2 is 1.88 bits per heavy atom. The summed E-state index contributed by atoms with van der Waals surface area (Å²) in [5.41, 5.74) is 3.60. The predicted octanol–water partition coefficient (Wildman–Crippen LogP) is 5.66. The third-order valence-corrected chi connectivity index (χ3v) is 5.95. The summed E-state index contributed by atoms with van der Waals surface area (Å²) in [5.74, 6) is 0. The first kappa shape index (κ1) is 20.0. The first-order valence-electron chi connectivity index (χ1n) is 10.0. The zero-order valence-electron chi connectivity index (χ0n) is 17.2. The van der Waals surface area contributed by atoms with Crippen LogP contribution in [0.2, 0.25) is 0 Å². The van der Waals surface area contributed by atoms with Crippen molar-refractivity contribution in [2.45, 2.75) is 13.5 Å². The van der Waals surface area contributed by atoms with Crippen LogP contribution in [-0.2, 0) is 6.61 Å². The number of aliphatic hydroxyl groups is 1. The summed E-state index contributed by atoms with van der Waals surface area (Å²) in [7, 11) is 0. The molecular formula is C24H19N5O2S. The molecule has 0 bridgehead atoms. The van der Waals surface area contributed by atoms with Crippen LogP contribution in [0, 0.1) is 6.92 Å². The number of nitrogens with zero attached hydrogens (tertiary/aromatic N) is 4. The van der Waals surface area contributed by atoms with Gasteiger partial charge in [-0.3, -0.25) is 9.89 Å². The highest BCUT2D eigenvalue weighted by Crippen LogP contribution is 2.27. The van der Waals surface area contributed by atoms with E-state index in [-0.39, 0.29) is 17.9 Å². The van der Waals surface area contributed by atoms with Gasteiger partial charge in [0.1, 0.15) is 0 Å². The van der Waals surface area contributed by atoms with Crippen molar-refractivity contribution in [2.24, 2.45) is 10.2 Å². The van der Waals surface area contributed by atoms with E-state index in [4.69, 9.17) is 0 Å². The largest absolute Gasteiger partial charge is 0.392 e. The first-order valence-corrected chi connectivity index (χ1v) is 10.9. The third kappa shape index (κ3) is 3.77. The van der Waals surface area contributed by atoms with Crippen molar-refractivity contribution in [3.63, 3.8) is 0 Å². The van der Waals surface area contributed by atoms with Crippen LogP contribution in [0.1, 0.15) is 11.3 Å². The minimum Gasteiger partial charge on any atom is -0.392 e. The molecule has 2 N–H and O–H groups in total. The molecule has 5 aromatic rings. The maximum atomic E-state index is 13.0. The molecule has 2 aromatic heterocycles. The summed E-state index contributed by atoms with van der Waals surface area (Å²) in [6, 6.07) is 21.4. The number of azo groups is 1. The number of fused-ring (bicyclic) bond motifs is 1. The maximum absolute atomic E-state index is 13.0. The molecule has 0 fully saturated rings. The van der Waals surface area contributed by atoms with Gasteiger partial charge >= 0.3 is 5.56 Å². The van der Waals surface area contributed by atoms with Gasteiger partial charge in [0.15, 0.2) is 5.69 Å². The number of H-pyrrole nitrogens is 1. The van der Waals surface area contributed by atoms with E-state index in [1.807, 2.05) is 23.6 Å². The van der Waals surface area contributed by atoms with Crippen molar-refractivity contribution in [1.82, 2.24) is 14.8 Å². The van der Waals surface area contributed by atoms with Gasteiger partial charge in [-0.05, 0) is 41.5 Å². The standard InChI is InChI=1S/C24H19N5O2S/c1-15-22(27-26-20-8-4-5-16(11-20)13-30)23(31)29(28-15)24-25-21(14-32-24)19-10-9-17-6-2-3-7-18(17)12-19/h2-12,14,28,30H,13H2,1H3. The van der Waals surface area contributed by atoms with Crippen LogP contribution in [0.4, 0.5) is 11.4 Å². The van der Waals surface area contributed by atoms with Crippen LogP contribution in [-0.4, -0.2) is 19.9 Å². The lowest BCUT2D eigenvalue weighted by Crippen LogP contribution is -2.13. The van der Waals surface area contributed by atoms with Gasteiger partial charge in [0.05, 0.1) is 23.7 Å². The Morgan fingerprint density at radius 3 is 2.72 bits per heavy atom. The molecule has 0 atom stereocenters. The Morgan fingerprint density at radius 1 is 1.03 bits per heavy atom. The summed E-state index contributed by atoms with van der Waals surface area (Å²) in [6.45, 7) is 1.69. The van der Waals surface area contributed by atoms with E-state index in [1.54, 1.807) is 31.2 Å². The Kier molecular flexibility index (Phi) is 5.22. The highest BCUT2D eigenvalue weighted by atomic mass is 32.1. The van der Waals surface area contributed by atoms with Gasteiger partial charge in [-0.25, -0.2) is 4.98 Å². The topological polar surface area (TPSA) is 95.6 Å². The summed E-state index contributed by atoms with van der Waals surface area (Å²) in [6.07, 6.45) is 0. The van der Waals surface area contributed by atoms with E-state index >= 15 is 0 Å². The molecule has 32 heavy (non-hydrogen) atoms. The number of aromatic amines is 1. The molecule has 7 nitrogen and oxygen atoms in total. The number of benzene rings is 3. The normalized spacial score (nSPS) is 11.6. The molecule has 0 aliphatic carbocycles. The lowest BCUT2D eigenvalue weighted by molar-refractivity contribution is 0.282. The Balaban J connectivity index is 1.46. The van der Waals surface area contributed by atoms with Gasteiger partial charge in [0, 0.05) is 10.9 Å². The lowest BCUT2D eigenvalue weighted by atomic mass is 10.1. The van der Waals surface area contributed by atoms with Crippen LogP contribution in [0.5, 0.6) is 0 Å². The molecule has 0 spiro atoms. The smallest absolute Gasteiger partial charge is 0.301 e. The van der Waals surface area contributed by atoms with Crippen LogP contribution in [0.25, 0.3) is 27.2 Å². The van der Waals surface area contributed by atoms with Gasteiger partial charge in [0.2, 0.25) is 5.13 Å². The fourth-order valence-corrected chi connectivity index (χ4v) is 4.25. The van der Waals surface area contributed by atoms with Gasteiger partial charge in [0.25, 0.3) is 0 Å². The molecule has 0 unspecified atom stereocenters. The van der Waals surface area contributed by atoms with E-state index < -0.39 is 0 Å². The van der Waals surface area contributed by atoms with Crippen LogP contribution < -0.4 is 5.56 Å². The zero-order chi connectivity index (χ0) is 22.1. The second-order valence-electron chi connectivity index (χ2n) is 7.33. The van der Waals surface area contributed by atoms with E-state index in [1.165, 1.54) is 21.4 Å². The molecule has 0 saturated heterocycles. The molecule has 0 radical (unpaired) electrons. The fourth-order valence-electron chi connectivity index (χ4n) is 3.46. The molecule has 158 valence electrons. The number of rotatable bonds is 5. The number of aliphatic hydroxyl groups excluding tert-OH is 1. The summed E-state index contributed by atoms with van der Waals surface area (Å²) in [4.78, 5) is 17.6. The minimum absolute atomic E-state index is 0.0804. The van der Waals surface area contributed by atoms with E-state index in [2.05, 4.69) is 44.6 Å². The molecule has 3 aromatic carbocycles. The van der Waals surface area contributed by atoms with Crippen molar-refractivity contribution in [3.8, 4) is 16.4 Å². The summed E-state index contributed by atoms with van der Waals surface area (Å²) >= 11 is 1.38. The molecular weight excluding hydrogens is 422 g/mol. The number of hydrogen-bond acceptors (Lipinski definition) is 6. The number of aryl methyl sites for hydroxylation is 1. The van der Waals surface area contributed by atoms with Crippen LogP contribution in [0.15, 0.2) is 87.1 Å². The number of thiazole rings is 1. The van der Waals surface area contributed by atoms with Crippen molar-refractivity contribution in [2.75, 3.05) is 0 Å². The van der Waals surface area contributed by atoms with Crippen molar-refractivity contribution in [3.05, 3.63) is 93.7 Å². The van der Waals surface area contributed by atoms with Crippen LogP contribution in [0.3, 0.4) is 0 Å². The number of hydrogen-bond donors (Lipinski definition) is 2. The molecule has 8 heteroatoms. The summed E-state index contributed by atoms with van der Waals surface area (Å²) in [5, 5.41) is 25.4. The fraction of sp³-hybridized carbons (Fsp3) is 0.0833. The molecule has 0 amide bonds. The van der Waals surface area contributed by atoms with Gasteiger partial charge in [-0.15, -0.1) is 16.5 Å². The second-order valence-corrected chi connectivity index (χ2v) is 8.17. The minimum atomic E-state index is -0.316. The lowest BCUT2D eigenvalue weighted by Gasteiger charge is -2.01. The number of nitrogens with one attached hydrogen (secondary N) is 1. The molecule has 0 saturated carbocycles. The van der Waals surface area contributed by atoms with Gasteiger partial charge < -0.3 is 5.11 Å². The average molecular weight is 442 g/mol. The average Bonchev–Trinajstić information content (AvgIpc) is 3.42. The highest BCUT2D eigenvalue weighted by molar-refractivity contribution is 7.12. The third-order valence-electron chi connectivity index (χ3n) is 5.13. The van der Waals surface area contributed by atoms with E-state index in [9.17, 15) is 9.90 Å². The second kappa shape index (κ2) is 8.33. The molecule has 2 heterocycles. The van der Waals surface area contributed by atoms with Crippen LogP contribution >= 0.6 is 11.3 Å². The Hall–Kier alpha value is -3.88. The number of aromatic nitrogens is 3. The van der Waals surface area contributed by atoms with Crippen molar-refractivity contribution >= 4 is 33.5 Å². The SMILES string of the molecule is Cc1[nH]n(-c2nc(-c3ccc4ccccc4c3)cs2)c(=O)c1N=Nc1cccc(CO)c1. The van der Waals surface area contributed by atoms with Gasteiger partial charge in [-0.1, -0.05) is 48.5 Å². The highest BCUT2D eigenvalue weighted by Gasteiger charge is 2.15. The monoisotopic (exact) mass is 441 g/mol. The van der Waals surface area contributed by atoms with Gasteiger partial charge in [-0.2, -0.15) is 9.80 Å². The Labute approximate surface area is 187 Å². The quantitative estimate of drug-likeness (QED) is 0.345. The van der Waals surface area contributed by atoms with E-state index in [0.29, 0.717) is 16.5 Å². The zero-order valence-corrected chi connectivity index (χ0v) is 18.0. The maximum Gasteiger partial charge on any atom is 0.301 e. The van der Waals surface area contributed by atoms with Crippen molar-refractivity contribution in [1.29, 1.82) is 0 Å². The van der Waals surface area contributed by atoms with E-state index in [0.717, 1.165) is 22.2 Å². The first-order chi connectivity index (χ1) is 15.6. The Bertz CT molecular complexity index is 1510. The van der Waals surface area contributed by atoms with Crippen molar-refractivity contribution < 1.29 is 5.11 Å². The predicted molar refractivity (Wildman–Crippen MR) is 126 cm³/mol. The molecule has 5 rings (SSSR count). The molecule has 0 aliphatic rings.